The molecule has 0 saturated carbocycles. The number of carbonyl (C=O) groups excluding carboxylic acids is 2. The van der Waals surface area contributed by atoms with Gasteiger partial charge in [-0.25, -0.2) is 4.79 Å². The van der Waals surface area contributed by atoms with Crippen molar-refractivity contribution in [3.8, 4) is 0 Å². The van der Waals surface area contributed by atoms with Gasteiger partial charge in [0.1, 0.15) is 0 Å². The van der Waals surface area contributed by atoms with Crippen LogP contribution in [0, 0.1) is 0 Å². The standard InChI is InChI=1S/C15H15F3O4/c1-2-22-14(21)13(20)9-12(19)8-5-10-3-6-11(7-4-10)15(16,17)18/h3-4,6-7,9,20H,2,5,8H2,1H3/b13-9-. The van der Waals surface area contributed by atoms with Gasteiger partial charge in [0.05, 0.1) is 12.2 Å². The maximum Gasteiger partial charge on any atom is 0.416 e. The van der Waals surface area contributed by atoms with E-state index < -0.39 is 29.3 Å². The number of aliphatic hydroxyl groups is 1. The fourth-order valence-electron chi connectivity index (χ4n) is 1.62. The number of benzene rings is 1. The van der Waals surface area contributed by atoms with E-state index in [0.29, 0.717) is 5.56 Å². The lowest BCUT2D eigenvalue weighted by Crippen LogP contribution is -2.09. The number of hydrogen-bond donors (Lipinski definition) is 1. The first-order valence-corrected chi connectivity index (χ1v) is 6.50. The minimum atomic E-state index is -4.40. The minimum absolute atomic E-state index is 0.0468. The van der Waals surface area contributed by atoms with Crippen LogP contribution in [0.3, 0.4) is 0 Å². The van der Waals surface area contributed by atoms with E-state index >= 15 is 0 Å². The summed E-state index contributed by atoms with van der Waals surface area (Å²) < 4.78 is 41.6. The molecule has 0 heterocycles. The first kappa shape index (κ1) is 17.7. The second-order valence-electron chi connectivity index (χ2n) is 4.41. The Kier molecular flexibility index (Phi) is 6.15. The Morgan fingerprint density at radius 1 is 1.23 bits per heavy atom. The lowest BCUT2D eigenvalue weighted by Gasteiger charge is -2.07. The molecular formula is C15H15F3O4. The number of hydrogen-bond acceptors (Lipinski definition) is 4. The van der Waals surface area contributed by atoms with Gasteiger partial charge >= 0.3 is 12.1 Å². The molecule has 0 aliphatic rings. The molecule has 0 spiro atoms. The van der Waals surface area contributed by atoms with Crippen LogP contribution in [0.25, 0.3) is 0 Å². The zero-order chi connectivity index (χ0) is 16.8. The van der Waals surface area contributed by atoms with Crippen LogP contribution in [0.2, 0.25) is 0 Å². The molecule has 1 aromatic carbocycles. The van der Waals surface area contributed by atoms with Crippen LogP contribution >= 0.6 is 0 Å². The molecule has 0 aliphatic carbocycles. The van der Waals surface area contributed by atoms with E-state index in [9.17, 15) is 27.9 Å². The number of alkyl halides is 3. The molecule has 4 nitrogen and oxygen atoms in total. The summed E-state index contributed by atoms with van der Waals surface area (Å²) in [6.07, 6.45) is -3.50. The molecule has 1 aromatic rings. The fourth-order valence-corrected chi connectivity index (χ4v) is 1.62. The molecule has 0 aliphatic heterocycles. The first-order chi connectivity index (χ1) is 10.2. The molecule has 0 bridgehead atoms. The molecular weight excluding hydrogens is 301 g/mol. The van der Waals surface area contributed by atoms with Crippen molar-refractivity contribution in [2.75, 3.05) is 6.61 Å². The Bertz CT molecular complexity index is 559. The predicted octanol–water partition coefficient (Wildman–Crippen LogP) is 3.21. The molecule has 0 atom stereocenters. The van der Waals surface area contributed by atoms with E-state index in [-0.39, 0.29) is 19.4 Å². The SMILES string of the molecule is CCOC(=O)/C(O)=C/C(=O)CCc1ccc(C(F)(F)F)cc1. The molecule has 0 radical (unpaired) electrons. The lowest BCUT2D eigenvalue weighted by molar-refractivity contribution is -0.141. The van der Waals surface area contributed by atoms with Crippen LogP contribution in [0.4, 0.5) is 13.2 Å². The minimum Gasteiger partial charge on any atom is -0.502 e. The normalized spacial score (nSPS) is 12.1. The highest BCUT2D eigenvalue weighted by molar-refractivity contribution is 5.97. The highest BCUT2D eigenvalue weighted by atomic mass is 19.4. The van der Waals surface area contributed by atoms with Crippen molar-refractivity contribution < 1.29 is 32.6 Å². The molecule has 0 unspecified atom stereocenters. The van der Waals surface area contributed by atoms with E-state index in [2.05, 4.69) is 4.74 Å². The summed E-state index contributed by atoms with van der Waals surface area (Å²) in [5.41, 5.74) is -0.215. The van der Waals surface area contributed by atoms with Gasteiger partial charge in [-0.1, -0.05) is 12.1 Å². The highest BCUT2D eigenvalue weighted by Gasteiger charge is 2.29. The number of rotatable bonds is 6. The molecule has 7 heteroatoms. The number of aryl methyl sites for hydroxylation is 1. The van der Waals surface area contributed by atoms with Crippen LogP contribution in [-0.2, 0) is 26.9 Å². The van der Waals surface area contributed by atoms with Gasteiger partial charge in [0, 0.05) is 12.5 Å². The topological polar surface area (TPSA) is 63.6 Å². The third-order valence-electron chi connectivity index (χ3n) is 2.72. The molecule has 1 N–H and O–H groups in total. The Balaban J connectivity index is 2.57. The number of esters is 1. The Labute approximate surface area is 125 Å². The van der Waals surface area contributed by atoms with E-state index in [0.717, 1.165) is 18.2 Å². The van der Waals surface area contributed by atoms with Crippen molar-refractivity contribution >= 4 is 11.8 Å². The van der Waals surface area contributed by atoms with E-state index in [1.807, 2.05) is 0 Å². The van der Waals surface area contributed by atoms with Crippen LogP contribution in [0.5, 0.6) is 0 Å². The summed E-state index contributed by atoms with van der Waals surface area (Å²) in [5, 5.41) is 9.28. The predicted molar refractivity (Wildman–Crippen MR) is 72.1 cm³/mol. The summed E-state index contributed by atoms with van der Waals surface area (Å²) in [5.74, 6) is -2.31. The average Bonchev–Trinajstić information content (AvgIpc) is 2.45. The summed E-state index contributed by atoms with van der Waals surface area (Å²) >= 11 is 0. The average molecular weight is 316 g/mol. The molecule has 0 amide bonds. The number of carbonyl (C=O) groups is 2. The third-order valence-corrected chi connectivity index (χ3v) is 2.72. The van der Waals surface area contributed by atoms with Crippen molar-refractivity contribution in [1.29, 1.82) is 0 Å². The lowest BCUT2D eigenvalue weighted by atomic mass is 10.1. The number of ketones is 1. The maximum atomic E-state index is 12.4. The van der Waals surface area contributed by atoms with Crippen LogP contribution in [0.1, 0.15) is 24.5 Å². The zero-order valence-electron chi connectivity index (χ0n) is 11.8. The second-order valence-corrected chi connectivity index (χ2v) is 4.41. The van der Waals surface area contributed by atoms with E-state index in [4.69, 9.17) is 0 Å². The van der Waals surface area contributed by atoms with Gasteiger partial charge in [0.2, 0.25) is 5.76 Å². The number of allylic oxidation sites excluding steroid dienone is 1. The molecule has 22 heavy (non-hydrogen) atoms. The van der Waals surface area contributed by atoms with E-state index in [1.165, 1.54) is 12.1 Å². The third kappa shape index (κ3) is 5.59. The molecule has 0 saturated heterocycles. The van der Waals surface area contributed by atoms with Crippen molar-refractivity contribution in [2.45, 2.75) is 25.9 Å². The van der Waals surface area contributed by atoms with Gasteiger partial charge in [-0.3, -0.25) is 4.79 Å². The van der Waals surface area contributed by atoms with Gasteiger partial charge in [-0.2, -0.15) is 13.2 Å². The van der Waals surface area contributed by atoms with Gasteiger partial charge in [0.25, 0.3) is 0 Å². The van der Waals surface area contributed by atoms with Crippen LogP contribution in [-0.4, -0.2) is 23.5 Å². The van der Waals surface area contributed by atoms with Gasteiger partial charge in [0.15, 0.2) is 5.78 Å². The van der Waals surface area contributed by atoms with Gasteiger partial charge < -0.3 is 9.84 Å². The van der Waals surface area contributed by atoms with Crippen LogP contribution < -0.4 is 0 Å². The Morgan fingerprint density at radius 3 is 2.32 bits per heavy atom. The van der Waals surface area contributed by atoms with Crippen molar-refractivity contribution in [3.63, 3.8) is 0 Å². The highest BCUT2D eigenvalue weighted by Crippen LogP contribution is 2.29. The largest absolute Gasteiger partial charge is 0.502 e. The molecule has 1 rings (SSSR count). The fraction of sp³-hybridized carbons (Fsp3) is 0.333. The summed E-state index contributed by atoms with van der Waals surface area (Å²) in [7, 11) is 0. The summed E-state index contributed by atoms with van der Waals surface area (Å²) in [6, 6.07) is 4.44. The van der Waals surface area contributed by atoms with Gasteiger partial charge in [-0.15, -0.1) is 0 Å². The Morgan fingerprint density at radius 2 is 1.82 bits per heavy atom. The number of halogens is 3. The van der Waals surface area contributed by atoms with Crippen molar-refractivity contribution in [2.24, 2.45) is 0 Å². The molecule has 120 valence electrons. The first-order valence-electron chi connectivity index (χ1n) is 6.50. The van der Waals surface area contributed by atoms with Crippen molar-refractivity contribution in [1.82, 2.24) is 0 Å². The number of aliphatic hydroxyl groups excluding tert-OH is 1. The maximum absolute atomic E-state index is 12.4. The van der Waals surface area contributed by atoms with Crippen LogP contribution in [0.15, 0.2) is 36.1 Å². The quantitative estimate of drug-likeness (QED) is 0.497. The molecule has 0 fully saturated rings. The van der Waals surface area contributed by atoms with E-state index in [1.54, 1.807) is 6.92 Å². The summed E-state index contributed by atoms with van der Waals surface area (Å²) in [4.78, 5) is 22.6. The Hall–Kier alpha value is -2.31. The van der Waals surface area contributed by atoms with Crippen molar-refractivity contribution in [3.05, 3.63) is 47.2 Å². The summed E-state index contributed by atoms with van der Waals surface area (Å²) in [6.45, 7) is 1.62. The number of ether oxygens (including phenoxy) is 1. The molecule has 0 aromatic heterocycles. The second kappa shape index (κ2) is 7.63. The smallest absolute Gasteiger partial charge is 0.416 e. The zero-order valence-corrected chi connectivity index (χ0v) is 11.8. The van der Waals surface area contributed by atoms with Gasteiger partial charge in [-0.05, 0) is 31.0 Å². The monoisotopic (exact) mass is 316 g/mol.